The highest BCUT2D eigenvalue weighted by molar-refractivity contribution is 5.85. The predicted octanol–water partition coefficient (Wildman–Crippen LogP) is 0.670. The van der Waals surface area contributed by atoms with Gasteiger partial charge in [-0.3, -0.25) is 9.59 Å². The zero-order chi connectivity index (χ0) is 11.8. The second-order valence-electron chi connectivity index (χ2n) is 4.27. The van der Waals surface area contributed by atoms with Crippen molar-refractivity contribution >= 4 is 11.7 Å². The maximum absolute atomic E-state index is 11.3. The van der Waals surface area contributed by atoms with E-state index in [2.05, 4.69) is 5.32 Å². The summed E-state index contributed by atoms with van der Waals surface area (Å²) < 4.78 is 0. The lowest BCUT2D eigenvalue weighted by atomic mass is 10.0. The Labute approximate surface area is 92.0 Å². The van der Waals surface area contributed by atoms with Crippen LogP contribution in [0.25, 0.3) is 0 Å². The smallest absolute Gasteiger partial charge is 0.220 e. The average Bonchev–Trinajstić information content (AvgIpc) is 2.13. The van der Waals surface area contributed by atoms with Crippen LogP contribution in [0.4, 0.5) is 0 Å². The number of nitrogens with one attached hydrogen (secondary N) is 1. The molecule has 0 spiro atoms. The van der Waals surface area contributed by atoms with E-state index in [1.807, 2.05) is 32.8 Å². The quantitative estimate of drug-likeness (QED) is 0.677. The first kappa shape index (κ1) is 14.1. The number of Topliss-reactive ketones (excluding diaryl/α,β-unsaturated/α-hetero) is 1. The van der Waals surface area contributed by atoms with Crippen molar-refractivity contribution in [2.75, 3.05) is 27.2 Å². The van der Waals surface area contributed by atoms with Crippen LogP contribution in [-0.2, 0) is 9.59 Å². The van der Waals surface area contributed by atoms with Gasteiger partial charge in [0.25, 0.3) is 0 Å². The number of likely N-dealkylation sites (N-methyl/N-ethyl adjacent to an activating group) is 1. The monoisotopic (exact) mass is 214 g/mol. The Kier molecular flexibility index (Phi) is 6.96. The molecule has 0 atom stereocenters. The lowest BCUT2D eigenvalue weighted by molar-refractivity contribution is -0.126. The van der Waals surface area contributed by atoms with E-state index in [4.69, 9.17) is 0 Å². The first-order valence-corrected chi connectivity index (χ1v) is 5.37. The molecule has 0 saturated carbocycles. The van der Waals surface area contributed by atoms with Gasteiger partial charge in [-0.25, -0.2) is 0 Å². The molecule has 0 rings (SSSR count). The fourth-order valence-corrected chi connectivity index (χ4v) is 1.03. The van der Waals surface area contributed by atoms with Crippen molar-refractivity contribution in [2.45, 2.75) is 26.7 Å². The Hall–Kier alpha value is -0.900. The number of nitrogens with zero attached hydrogens (tertiary/aromatic N) is 1. The second kappa shape index (κ2) is 7.40. The highest BCUT2D eigenvalue weighted by Crippen LogP contribution is 2.01. The molecule has 0 aromatic rings. The number of amides is 1. The number of hydrogen-bond acceptors (Lipinski definition) is 3. The third-order valence-corrected chi connectivity index (χ3v) is 2.12. The van der Waals surface area contributed by atoms with Crippen LogP contribution in [-0.4, -0.2) is 43.8 Å². The van der Waals surface area contributed by atoms with Gasteiger partial charge in [0, 0.05) is 31.8 Å². The van der Waals surface area contributed by atoms with Crippen LogP contribution >= 0.6 is 0 Å². The van der Waals surface area contributed by atoms with Crippen LogP contribution < -0.4 is 5.32 Å². The molecule has 15 heavy (non-hydrogen) atoms. The highest BCUT2D eigenvalue weighted by atomic mass is 16.2. The Bertz CT molecular complexity index is 213. The summed E-state index contributed by atoms with van der Waals surface area (Å²) >= 11 is 0. The van der Waals surface area contributed by atoms with Crippen LogP contribution in [0.2, 0.25) is 0 Å². The Morgan fingerprint density at radius 3 is 2.27 bits per heavy atom. The Morgan fingerprint density at radius 2 is 1.80 bits per heavy atom. The van der Waals surface area contributed by atoms with Gasteiger partial charge in [0.2, 0.25) is 5.91 Å². The van der Waals surface area contributed by atoms with Gasteiger partial charge in [-0.05, 0) is 14.1 Å². The molecule has 0 aromatic heterocycles. The minimum Gasteiger partial charge on any atom is -0.355 e. The molecule has 4 nitrogen and oxygen atoms in total. The lowest BCUT2D eigenvalue weighted by Crippen LogP contribution is -2.31. The zero-order valence-corrected chi connectivity index (χ0v) is 10.2. The molecule has 0 aromatic carbocycles. The average molecular weight is 214 g/mol. The van der Waals surface area contributed by atoms with E-state index in [9.17, 15) is 9.59 Å². The maximum atomic E-state index is 11.3. The van der Waals surface area contributed by atoms with Crippen molar-refractivity contribution in [3.63, 3.8) is 0 Å². The van der Waals surface area contributed by atoms with Gasteiger partial charge < -0.3 is 10.2 Å². The van der Waals surface area contributed by atoms with Crippen molar-refractivity contribution in [2.24, 2.45) is 5.92 Å². The van der Waals surface area contributed by atoms with E-state index in [1.165, 1.54) is 0 Å². The van der Waals surface area contributed by atoms with E-state index < -0.39 is 0 Å². The summed E-state index contributed by atoms with van der Waals surface area (Å²) in [6.45, 7) is 5.17. The summed E-state index contributed by atoms with van der Waals surface area (Å²) in [5.41, 5.74) is 0. The van der Waals surface area contributed by atoms with Crippen LogP contribution in [0.15, 0.2) is 0 Å². The molecule has 0 aliphatic heterocycles. The first-order chi connectivity index (χ1) is 6.93. The molecular weight excluding hydrogens is 192 g/mol. The van der Waals surface area contributed by atoms with Crippen LogP contribution in [0, 0.1) is 5.92 Å². The highest BCUT2D eigenvalue weighted by Gasteiger charge is 2.09. The number of rotatable bonds is 7. The van der Waals surface area contributed by atoms with Gasteiger partial charge in [0.15, 0.2) is 0 Å². The molecule has 1 amide bonds. The Morgan fingerprint density at radius 1 is 1.20 bits per heavy atom. The molecule has 0 bridgehead atoms. The molecule has 0 radical (unpaired) electrons. The topological polar surface area (TPSA) is 49.4 Å². The molecule has 0 fully saturated rings. The van der Waals surface area contributed by atoms with Crippen molar-refractivity contribution in [3.8, 4) is 0 Å². The minimum atomic E-state index is -0.0362. The number of carbonyl (C=O) groups is 2. The van der Waals surface area contributed by atoms with Crippen molar-refractivity contribution in [1.29, 1.82) is 0 Å². The standard InChI is InChI=1S/C11H22N2O2/c1-9(2)10(14)5-6-11(15)12-7-8-13(3)4/h9H,5-8H2,1-4H3,(H,12,15). The molecule has 88 valence electrons. The van der Waals surface area contributed by atoms with Gasteiger partial charge in [0.05, 0.1) is 0 Å². The summed E-state index contributed by atoms with van der Waals surface area (Å²) in [6, 6.07) is 0. The van der Waals surface area contributed by atoms with Crippen molar-refractivity contribution in [1.82, 2.24) is 10.2 Å². The molecule has 1 N–H and O–H groups in total. The normalized spacial score (nSPS) is 10.8. The molecule has 0 aliphatic rings. The third kappa shape index (κ3) is 8.12. The van der Waals surface area contributed by atoms with E-state index in [-0.39, 0.29) is 17.6 Å². The summed E-state index contributed by atoms with van der Waals surface area (Å²) in [6.07, 6.45) is 0.663. The summed E-state index contributed by atoms with van der Waals surface area (Å²) in [5, 5.41) is 2.78. The molecule has 0 saturated heterocycles. The van der Waals surface area contributed by atoms with Crippen molar-refractivity contribution < 1.29 is 9.59 Å². The molecular formula is C11H22N2O2. The first-order valence-electron chi connectivity index (χ1n) is 5.37. The van der Waals surface area contributed by atoms with Gasteiger partial charge >= 0.3 is 0 Å². The zero-order valence-electron chi connectivity index (χ0n) is 10.2. The second-order valence-corrected chi connectivity index (χ2v) is 4.27. The van der Waals surface area contributed by atoms with Crippen LogP contribution in [0.5, 0.6) is 0 Å². The van der Waals surface area contributed by atoms with E-state index in [0.29, 0.717) is 19.4 Å². The van der Waals surface area contributed by atoms with Crippen LogP contribution in [0.3, 0.4) is 0 Å². The fourth-order valence-electron chi connectivity index (χ4n) is 1.03. The SMILES string of the molecule is CC(C)C(=O)CCC(=O)NCCN(C)C. The van der Waals surface area contributed by atoms with Gasteiger partial charge in [-0.15, -0.1) is 0 Å². The molecule has 4 heteroatoms. The van der Waals surface area contributed by atoms with Gasteiger partial charge in [-0.2, -0.15) is 0 Å². The summed E-state index contributed by atoms with van der Waals surface area (Å²) in [7, 11) is 3.91. The number of ketones is 1. The molecule has 0 heterocycles. The lowest BCUT2D eigenvalue weighted by Gasteiger charge is -2.10. The van der Waals surface area contributed by atoms with Gasteiger partial charge in [-0.1, -0.05) is 13.8 Å². The number of hydrogen-bond donors (Lipinski definition) is 1. The Balaban J connectivity index is 3.54. The molecule has 0 aliphatic carbocycles. The van der Waals surface area contributed by atoms with Crippen LogP contribution in [0.1, 0.15) is 26.7 Å². The van der Waals surface area contributed by atoms with Gasteiger partial charge in [0.1, 0.15) is 5.78 Å². The van der Waals surface area contributed by atoms with E-state index in [1.54, 1.807) is 0 Å². The van der Waals surface area contributed by atoms with E-state index >= 15 is 0 Å². The summed E-state index contributed by atoms with van der Waals surface area (Å²) in [4.78, 5) is 24.5. The van der Waals surface area contributed by atoms with Crippen molar-refractivity contribution in [3.05, 3.63) is 0 Å². The third-order valence-electron chi connectivity index (χ3n) is 2.12. The summed E-state index contributed by atoms with van der Waals surface area (Å²) in [5.74, 6) is 0.142. The largest absolute Gasteiger partial charge is 0.355 e. The van der Waals surface area contributed by atoms with E-state index in [0.717, 1.165) is 6.54 Å². The maximum Gasteiger partial charge on any atom is 0.220 e. The minimum absolute atomic E-state index is 0.0274. The fraction of sp³-hybridized carbons (Fsp3) is 0.818. The number of carbonyl (C=O) groups excluding carboxylic acids is 2. The molecule has 0 unspecified atom stereocenters. The predicted molar refractivity (Wildman–Crippen MR) is 60.6 cm³/mol.